The van der Waals surface area contributed by atoms with Crippen LogP contribution in [0.15, 0.2) is 18.2 Å². The highest BCUT2D eigenvalue weighted by Crippen LogP contribution is 2.32. The van der Waals surface area contributed by atoms with Crippen LogP contribution in [0, 0.1) is 17.6 Å². The molecule has 18 heavy (non-hydrogen) atoms. The molecule has 100 valence electrons. The standard InChI is InChI=1S/C14H18F3N/c1-14(17,10-4-3-7-18-9-10)8-11-12(15)5-2-6-13(11)16/h2,5-6,10,18H,3-4,7-9H2,1H3. The molecule has 0 amide bonds. The second kappa shape index (κ2) is 5.31. The van der Waals surface area contributed by atoms with E-state index in [4.69, 9.17) is 0 Å². The van der Waals surface area contributed by atoms with Gasteiger partial charge in [-0.05, 0) is 38.4 Å². The Kier molecular flexibility index (Phi) is 3.95. The molecule has 4 heteroatoms. The first-order valence-corrected chi connectivity index (χ1v) is 6.33. The Hall–Kier alpha value is -1.03. The van der Waals surface area contributed by atoms with Crippen LogP contribution in [0.25, 0.3) is 0 Å². The van der Waals surface area contributed by atoms with Crippen molar-refractivity contribution >= 4 is 0 Å². The lowest BCUT2D eigenvalue weighted by molar-refractivity contribution is 0.0814. The first kappa shape index (κ1) is 13.4. The molecular formula is C14H18F3N. The lowest BCUT2D eigenvalue weighted by Crippen LogP contribution is -2.43. The van der Waals surface area contributed by atoms with E-state index in [1.807, 2.05) is 0 Å². The van der Waals surface area contributed by atoms with Gasteiger partial charge in [0, 0.05) is 24.4 Å². The van der Waals surface area contributed by atoms with Crippen molar-refractivity contribution in [1.29, 1.82) is 0 Å². The first-order chi connectivity index (χ1) is 8.50. The predicted molar refractivity (Wildman–Crippen MR) is 65.2 cm³/mol. The number of hydrogen-bond acceptors (Lipinski definition) is 1. The zero-order valence-electron chi connectivity index (χ0n) is 10.5. The van der Waals surface area contributed by atoms with E-state index in [0.717, 1.165) is 19.4 Å². The Balaban J connectivity index is 2.16. The van der Waals surface area contributed by atoms with Crippen molar-refractivity contribution < 1.29 is 13.2 Å². The maximum absolute atomic E-state index is 14.6. The Morgan fingerprint density at radius 2 is 2.00 bits per heavy atom. The van der Waals surface area contributed by atoms with Crippen molar-refractivity contribution in [2.75, 3.05) is 13.1 Å². The average molecular weight is 257 g/mol. The molecule has 0 bridgehead atoms. The largest absolute Gasteiger partial charge is 0.316 e. The zero-order chi connectivity index (χ0) is 13.2. The SMILES string of the molecule is CC(F)(Cc1c(F)cccc1F)C1CCCNC1. The van der Waals surface area contributed by atoms with Crippen LogP contribution >= 0.6 is 0 Å². The molecule has 1 N–H and O–H groups in total. The van der Waals surface area contributed by atoms with Gasteiger partial charge in [-0.25, -0.2) is 13.2 Å². The number of piperidine rings is 1. The zero-order valence-corrected chi connectivity index (χ0v) is 10.5. The fourth-order valence-electron chi connectivity index (χ4n) is 2.56. The van der Waals surface area contributed by atoms with Gasteiger partial charge in [-0.3, -0.25) is 0 Å². The Bertz CT molecular complexity index is 391. The summed E-state index contributed by atoms with van der Waals surface area (Å²) in [5.41, 5.74) is -1.73. The molecule has 1 fully saturated rings. The minimum Gasteiger partial charge on any atom is -0.316 e. The van der Waals surface area contributed by atoms with Crippen LogP contribution in [0.3, 0.4) is 0 Å². The van der Waals surface area contributed by atoms with Gasteiger partial charge in [0.15, 0.2) is 0 Å². The highest BCUT2D eigenvalue weighted by Gasteiger charge is 2.36. The maximum Gasteiger partial charge on any atom is 0.129 e. The number of hydrogen-bond donors (Lipinski definition) is 1. The molecule has 0 saturated carbocycles. The van der Waals surface area contributed by atoms with Gasteiger partial charge in [-0.2, -0.15) is 0 Å². The van der Waals surface area contributed by atoms with Gasteiger partial charge in [0.25, 0.3) is 0 Å². The highest BCUT2D eigenvalue weighted by atomic mass is 19.1. The van der Waals surface area contributed by atoms with Crippen molar-refractivity contribution in [3.05, 3.63) is 35.4 Å². The quantitative estimate of drug-likeness (QED) is 0.876. The van der Waals surface area contributed by atoms with E-state index in [-0.39, 0.29) is 17.9 Å². The van der Waals surface area contributed by atoms with Crippen LogP contribution in [0.1, 0.15) is 25.3 Å². The summed E-state index contributed by atoms with van der Waals surface area (Å²) in [5.74, 6) is -1.52. The van der Waals surface area contributed by atoms with Gasteiger partial charge in [-0.15, -0.1) is 0 Å². The molecule has 1 aromatic rings. The molecule has 1 heterocycles. The highest BCUT2D eigenvalue weighted by molar-refractivity contribution is 5.22. The van der Waals surface area contributed by atoms with Crippen LogP contribution in [-0.4, -0.2) is 18.8 Å². The summed E-state index contributed by atoms with van der Waals surface area (Å²) in [6.45, 7) is 2.90. The van der Waals surface area contributed by atoms with E-state index < -0.39 is 17.3 Å². The average Bonchev–Trinajstić information content (AvgIpc) is 2.35. The monoisotopic (exact) mass is 257 g/mol. The lowest BCUT2D eigenvalue weighted by atomic mass is 9.81. The van der Waals surface area contributed by atoms with Gasteiger partial charge in [0.1, 0.15) is 17.3 Å². The summed E-state index contributed by atoms with van der Waals surface area (Å²) >= 11 is 0. The molecule has 0 spiro atoms. The molecule has 0 radical (unpaired) electrons. The van der Waals surface area contributed by atoms with Crippen molar-refractivity contribution in [2.24, 2.45) is 5.92 Å². The molecule has 1 nitrogen and oxygen atoms in total. The van der Waals surface area contributed by atoms with E-state index in [1.165, 1.54) is 25.1 Å². The number of benzene rings is 1. The fraction of sp³-hybridized carbons (Fsp3) is 0.571. The number of nitrogens with one attached hydrogen (secondary N) is 1. The number of rotatable bonds is 3. The predicted octanol–water partition coefficient (Wildman–Crippen LogP) is 3.24. The topological polar surface area (TPSA) is 12.0 Å². The van der Waals surface area contributed by atoms with Crippen LogP contribution in [0.5, 0.6) is 0 Å². The summed E-state index contributed by atoms with van der Waals surface area (Å²) in [6, 6.07) is 3.65. The Morgan fingerprint density at radius 1 is 1.33 bits per heavy atom. The van der Waals surface area contributed by atoms with Gasteiger partial charge < -0.3 is 5.32 Å². The van der Waals surface area contributed by atoms with Crippen molar-refractivity contribution in [3.63, 3.8) is 0 Å². The van der Waals surface area contributed by atoms with Crippen LogP contribution in [0.4, 0.5) is 13.2 Å². The summed E-state index contributed by atoms with van der Waals surface area (Å²) in [6.07, 6.45) is 1.46. The van der Waals surface area contributed by atoms with E-state index >= 15 is 0 Å². The lowest BCUT2D eigenvalue weighted by Gasteiger charge is -2.34. The van der Waals surface area contributed by atoms with Gasteiger partial charge >= 0.3 is 0 Å². The minimum atomic E-state index is -1.59. The van der Waals surface area contributed by atoms with Crippen molar-refractivity contribution in [3.8, 4) is 0 Å². The Morgan fingerprint density at radius 3 is 2.56 bits per heavy atom. The molecule has 2 rings (SSSR count). The molecule has 2 atom stereocenters. The molecule has 1 aliphatic rings. The van der Waals surface area contributed by atoms with E-state index in [9.17, 15) is 13.2 Å². The van der Waals surface area contributed by atoms with Crippen LogP contribution in [-0.2, 0) is 6.42 Å². The minimum absolute atomic E-state index is 0.145. The second-order valence-corrected chi connectivity index (χ2v) is 5.20. The third-order valence-corrected chi connectivity index (χ3v) is 3.73. The molecule has 1 aromatic carbocycles. The maximum atomic E-state index is 14.6. The molecular weight excluding hydrogens is 239 g/mol. The summed E-state index contributed by atoms with van der Waals surface area (Å²) < 4.78 is 41.7. The summed E-state index contributed by atoms with van der Waals surface area (Å²) in [7, 11) is 0. The molecule has 0 aromatic heterocycles. The van der Waals surface area contributed by atoms with Gasteiger partial charge in [-0.1, -0.05) is 6.07 Å². The molecule has 1 saturated heterocycles. The molecule has 1 aliphatic heterocycles. The van der Waals surface area contributed by atoms with Crippen LogP contribution < -0.4 is 5.32 Å². The first-order valence-electron chi connectivity index (χ1n) is 6.33. The number of halogens is 3. The third-order valence-electron chi connectivity index (χ3n) is 3.73. The van der Waals surface area contributed by atoms with Gasteiger partial charge in [0.05, 0.1) is 0 Å². The van der Waals surface area contributed by atoms with E-state index in [2.05, 4.69) is 5.32 Å². The number of alkyl halides is 1. The third kappa shape index (κ3) is 2.86. The van der Waals surface area contributed by atoms with E-state index in [0.29, 0.717) is 6.54 Å². The molecule has 0 aliphatic carbocycles. The van der Waals surface area contributed by atoms with E-state index in [1.54, 1.807) is 0 Å². The van der Waals surface area contributed by atoms with Gasteiger partial charge in [0.2, 0.25) is 0 Å². The summed E-state index contributed by atoms with van der Waals surface area (Å²) in [4.78, 5) is 0. The normalized spacial score (nSPS) is 23.7. The van der Waals surface area contributed by atoms with Crippen molar-refractivity contribution in [1.82, 2.24) is 5.32 Å². The smallest absolute Gasteiger partial charge is 0.129 e. The van der Waals surface area contributed by atoms with Crippen LogP contribution in [0.2, 0.25) is 0 Å². The van der Waals surface area contributed by atoms with Crippen molar-refractivity contribution in [2.45, 2.75) is 31.9 Å². The summed E-state index contributed by atoms with van der Waals surface area (Å²) in [5, 5.41) is 3.13. The second-order valence-electron chi connectivity index (χ2n) is 5.20. The molecule has 2 unspecified atom stereocenters. The Labute approximate surface area is 105 Å². The fourth-order valence-corrected chi connectivity index (χ4v) is 2.56.